The molecule has 1 N–H and O–H groups in total. The maximum atomic E-state index is 4.67. The van der Waals surface area contributed by atoms with Gasteiger partial charge in [-0.3, -0.25) is 4.98 Å². The molecule has 0 aliphatic heterocycles. The number of nitrogens with one attached hydrogen (secondary N) is 1. The summed E-state index contributed by atoms with van der Waals surface area (Å²) >= 11 is 0. The zero-order chi connectivity index (χ0) is 11.4. The average molecular weight is 218 g/mol. The summed E-state index contributed by atoms with van der Waals surface area (Å²) in [7, 11) is 0. The predicted molar refractivity (Wildman–Crippen MR) is 67.3 cm³/mol. The Kier molecular flexibility index (Phi) is 3.94. The fourth-order valence-electron chi connectivity index (χ4n) is 2.32. The molecule has 16 heavy (non-hydrogen) atoms. The van der Waals surface area contributed by atoms with Gasteiger partial charge >= 0.3 is 0 Å². The first-order valence-electron chi connectivity index (χ1n) is 6.48. The maximum absolute atomic E-state index is 4.67. The number of hydrogen-bond acceptors (Lipinski definition) is 2. The number of aryl methyl sites for hydroxylation is 1. The summed E-state index contributed by atoms with van der Waals surface area (Å²) in [5.74, 6) is 0.806. The zero-order valence-corrected chi connectivity index (χ0v) is 10.4. The van der Waals surface area contributed by atoms with E-state index in [-0.39, 0.29) is 0 Å². The van der Waals surface area contributed by atoms with Crippen molar-refractivity contribution in [3.8, 4) is 0 Å². The van der Waals surface area contributed by atoms with Gasteiger partial charge in [0.2, 0.25) is 0 Å². The van der Waals surface area contributed by atoms with Gasteiger partial charge in [0, 0.05) is 5.69 Å². The fourth-order valence-corrected chi connectivity index (χ4v) is 2.32. The number of rotatable bonds is 5. The van der Waals surface area contributed by atoms with Crippen molar-refractivity contribution in [2.24, 2.45) is 5.92 Å². The standard InChI is InChI=1S/C14H22N2/c1-3-10-15-14(12-7-5-8-12)13-9-4-6-11(2)16-13/h4,6,9,12,14-15H,3,5,7-8,10H2,1-2H3. The SMILES string of the molecule is CCCNC(c1cccc(C)n1)C1CCC1. The van der Waals surface area contributed by atoms with Gasteiger partial charge in [0.05, 0.1) is 11.7 Å². The molecule has 1 heterocycles. The van der Waals surface area contributed by atoms with Gasteiger partial charge in [-0.1, -0.05) is 19.4 Å². The summed E-state index contributed by atoms with van der Waals surface area (Å²) in [6.07, 6.45) is 5.30. The lowest BCUT2D eigenvalue weighted by Crippen LogP contribution is -2.33. The summed E-state index contributed by atoms with van der Waals surface area (Å²) in [6, 6.07) is 6.84. The highest BCUT2D eigenvalue weighted by Crippen LogP contribution is 2.37. The molecule has 0 saturated heterocycles. The molecule has 2 heteroatoms. The molecule has 0 amide bonds. The molecule has 2 nitrogen and oxygen atoms in total. The molecule has 0 spiro atoms. The smallest absolute Gasteiger partial charge is 0.0579 e. The Balaban J connectivity index is 2.10. The molecule has 1 aromatic heterocycles. The average Bonchev–Trinajstić information content (AvgIpc) is 2.21. The van der Waals surface area contributed by atoms with Gasteiger partial charge in [0.15, 0.2) is 0 Å². The van der Waals surface area contributed by atoms with Crippen LogP contribution in [-0.2, 0) is 0 Å². The lowest BCUT2D eigenvalue weighted by atomic mass is 9.78. The Morgan fingerprint density at radius 2 is 2.25 bits per heavy atom. The predicted octanol–water partition coefficient (Wildman–Crippen LogP) is 3.23. The minimum absolute atomic E-state index is 0.480. The molecule has 0 aromatic carbocycles. The highest BCUT2D eigenvalue weighted by molar-refractivity contribution is 5.15. The highest BCUT2D eigenvalue weighted by atomic mass is 14.9. The van der Waals surface area contributed by atoms with Gasteiger partial charge in [-0.25, -0.2) is 0 Å². The van der Waals surface area contributed by atoms with E-state index in [1.165, 1.54) is 31.4 Å². The Bertz CT molecular complexity index is 331. The van der Waals surface area contributed by atoms with Crippen molar-refractivity contribution in [3.05, 3.63) is 29.6 Å². The zero-order valence-electron chi connectivity index (χ0n) is 10.4. The van der Waals surface area contributed by atoms with Gasteiger partial charge < -0.3 is 5.32 Å². The topological polar surface area (TPSA) is 24.9 Å². The molecule has 0 bridgehead atoms. The van der Waals surface area contributed by atoms with E-state index in [1.807, 2.05) is 0 Å². The number of nitrogens with zero attached hydrogens (tertiary/aromatic N) is 1. The van der Waals surface area contributed by atoms with Crippen LogP contribution in [0.2, 0.25) is 0 Å². The molecule has 0 radical (unpaired) electrons. The van der Waals surface area contributed by atoms with Crippen LogP contribution in [-0.4, -0.2) is 11.5 Å². The molecule has 1 unspecified atom stereocenters. The minimum Gasteiger partial charge on any atom is -0.308 e. The summed E-state index contributed by atoms with van der Waals surface area (Å²) < 4.78 is 0. The Labute approximate surface area is 98.5 Å². The number of aromatic nitrogens is 1. The summed E-state index contributed by atoms with van der Waals surface area (Å²) in [5.41, 5.74) is 2.36. The van der Waals surface area contributed by atoms with Crippen molar-refractivity contribution in [3.63, 3.8) is 0 Å². The first-order chi connectivity index (χ1) is 7.81. The van der Waals surface area contributed by atoms with Crippen molar-refractivity contribution in [2.45, 2.75) is 45.6 Å². The third-order valence-electron chi connectivity index (χ3n) is 3.46. The van der Waals surface area contributed by atoms with E-state index in [1.54, 1.807) is 0 Å². The van der Waals surface area contributed by atoms with Crippen molar-refractivity contribution in [1.82, 2.24) is 10.3 Å². The van der Waals surface area contributed by atoms with E-state index in [2.05, 4.69) is 42.3 Å². The molecule has 88 valence electrons. The van der Waals surface area contributed by atoms with Crippen LogP contribution < -0.4 is 5.32 Å². The van der Waals surface area contributed by atoms with Gasteiger partial charge in [0.25, 0.3) is 0 Å². The van der Waals surface area contributed by atoms with Crippen LogP contribution in [0.15, 0.2) is 18.2 Å². The minimum atomic E-state index is 0.480. The molecule has 1 fully saturated rings. The van der Waals surface area contributed by atoms with Crippen LogP contribution in [0.4, 0.5) is 0 Å². The summed E-state index contributed by atoms with van der Waals surface area (Å²) in [4.78, 5) is 4.67. The Morgan fingerprint density at radius 1 is 1.44 bits per heavy atom. The second-order valence-corrected chi connectivity index (χ2v) is 4.83. The van der Waals surface area contributed by atoms with E-state index in [0.29, 0.717) is 6.04 Å². The van der Waals surface area contributed by atoms with Crippen molar-refractivity contribution < 1.29 is 0 Å². The van der Waals surface area contributed by atoms with Gasteiger partial charge in [-0.2, -0.15) is 0 Å². The van der Waals surface area contributed by atoms with Crippen LogP contribution in [0.25, 0.3) is 0 Å². The highest BCUT2D eigenvalue weighted by Gasteiger charge is 2.28. The maximum Gasteiger partial charge on any atom is 0.0579 e. The largest absolute Gasteiger partial charge is 0.308 e. The van der Waals surface area contributed by atoms with Crippen molar-refractivity contribution >= 4 is 0 Å². The van der Waals surface area contributed by atoms with E-state index in [0.717, 1.165) is 18.2 Å². The van der Waals surface area contributed by atoms with Gasteiger partial charge in [-0.05, 0) is 50.8 Å². The van der Waals surface area contributed by atoms with E-state index < -0.39 is 0 Å². The summed E-state index contributed by atoms with van der Waals surface area (Å²) in [5, 5.41) is 3.65. The van der Waals surface area contributed by atoms with Crippen molar-refractivity contribution in [2.75, 3.05) is 6.54 Å². The van der Waals surface area contributed by atoms with Crippen LogP contribution in [0.1, 0.15) is 50.0 Å². The van der Waals surface area contributed by atoms with E-state index in [4.69, 9.17) is 0 Å². The second-order valence-electron chi connectivity index (χ2n) is 4.83. The van der Waals surface area contributed by atoms with Crippen LogP contribution >= 0.6 is 0 Å². The van der Waals surface area contributed by atoms with Crippen LogP contribution in [0, 0.1) is 12.8 Å². The normalized spacial score (nSPS) is 18.1. The van der Waals surface area contributed by atoms with E-state index >= 15 is 0 Å². The van der Waals surface area contributed by atoms with Crippen molar-refractivity contribution in [1.29, 1.82) is 0 Å². The monoisotopic (exact) mass is 218 g/mol. The molecule has 1 atom stereocenters. The molecular formula is C14H22N2. The molecule has 1 aromatic rings. The van der Waals surface area contributed by atoms with Crippen LogP contribution in [0.5, 0.6) is 0 Å². The second kappa shape index (κ2) is 5.44. The van der Waals surface area contributed by atoms with Gasteiger partial charge in [0.1, 0.15) is 0 Å². The molecule has 2 rings (SSSR count). The number of pyridine rings is 1. The number of hydrogen-bond donors (Lipinski definition) is 1. The lowest BCUT2D eigenvalue weighted by molar-refractivity contribution is 0.227. The van der Waals surface area contributed by atoms with Gasteiger partial charge in [-0.15, -0.1) is 0 Å². The Morgan fingerprint density at radius 3 is 2.81 bits per heavy atom. The van der Waals surface area contributed by atoms with E-state index in [9.17, 15) is 0 Å². The molecule has 1 aliphatic rings. The lowest BCUT2D eigenvalue weighted by Gasteiger charge is -2.34. The fraction of sp³-hybridized carbons (Fsp3) is 0.643. The third kappa shape index (κ3) is 2.62. The molecule has 1 saturated carbocycles. The Hall–Kier alpha value is -0.890. The first-order valence-corrected chi connectivity index (χ1v) is 6.48. The first kappa shape index (κ1) is 11.6. The summed E-state index contributed by atoms with van der Waals surface area (Å²) in [6.45, 7) is 5.38. The molecular weight excluding hydrogens is 196 g/mol. The third-order valence-corrected chi connectivity index (χ3v) is 3.46. The molecule has 1 aliphatic carbocycles. The van der Waals surface area contributed by atoms with Crippen LogP contribution in [0.3, 0.4) is 0 Å². The quantitative estimate of drug-likeness (QED) is 0.820.